The van der Waals surface area contributed by atoms with Gasteiger partial charge < -0.3 is 14.0 Å². The van der Waals surface area contributed by atoms with E-state index in [0.29, 0.717) is 17.2 Å². The van der Waals surface area contributed by atoms with Crippen molar-refractivity contribution in [1.29, 1.82) is 0 Å². The molecule has 0 aliphatic heterocycles. The van der Waals surface area contributed by atoms with E-state index < -0.39 is 0 Å². The first-order chi connectivity index (χ1) is 9.17. The maximum atomic E-state index is 5.64. The molecule has 0 radical (unpaired) electrons. The van der Waals surface area contributed by atoms with Crippen LogP contribution in [0.15, 0.2) is 28.8 Å². The molecule has 0 atom stereocenters. The van der Waals surface area contributed by atoms with Crippen LogP contribution in [-0.4, -0.2) is 14.5 Å². The van der Waals surface area contributed by atoms with Crippen molar-refractivity contribution in [3.63, 3.8) is 0 Å². The summed E-state index contributed by atoms with van der Waals surface area (Å²) >= 11 is 5.37. The second-order valence-electron chi connectivity index (χ2n) is 4.61. The van der Waals surface area contributed by atoms with Crippen molar-refractivity contribution >= 4 is 23.3 Å². The smallest absolute Gasteiger partial charge is 0.214 e. The number of aryl methyl sites for hydroxylation is 2. The zero-order valence-electron chi connectivity index (χ0n) is 10.9. The zero-order valence-corrected chi connectivity index (χ0v) is 11.8. The maximum Gasteiger partial charge on any atom is 0.214 e. The molecule has 1 aromatic carbocycles. The number of aromatic nitrogens is 3. The Morgan fingerprint density at radius 3 is 3.00 bits per heavy atom. The summed E-state index contributed by atoms with van der Waals surface area (Å²) in [5.41, 5.74) is 3.33. The molecule has 5 heteroatoms. The Morgan fingerprint density at radius 1 is 1.42 bits per heavy atom. The molecule has 0 amide bonds. The fourth-order valence-corrected chi connectivity index (χ4v) is 2.43. The summed E-state index contributed by atoms with van der Waals surface area (Å²) in [6, 6.07) is 6.24. The van der Waals surface area contributed by atoms with Crippen LogP contribution in [-0.2, 0) is 13.0 Å². The molecule has 4 nitrogen and oxygen atoms in total. The van der Waals surface area contributed by atoms with Gasteiger partial charge in [-0.25, -0.2) is 4.98 Å². The molecule has 2 heterocycles. The van der Waals surface area contributed by atoms with E-state index in [9.17, 15) is 0 Å². The standard InChI is InChI=1S/C14H15N3OS/c1-3-10-7-15-13(18-10)8-17-12-5-4-9(2)6-11(12)16-14(17)19/h4-7H,3,8H2,1-2H3,(H,16,19). The summed E-state index contributed by atoms with van der Waals surface area (Å²) in [5, 5.41) is 0. The van der Waals surface area contributed by atoms with Gasteiger partial charge in [-0.1, -0.05) is 13.0 Å². The Kier molecular flexibility index (Phi) is 2.98. The second kappa shape index (κ2) is 4.66. The summed E-state index contributed by atoms with van der Waals surface area (Å²) < 4.78 is 8.34. The highest BCUT2D eigenvalue weighted by molar-refractivity contribution is 7.71. The van der Waals surface area contributed by atoms with E-state index in [-0.39, 0.29) is 0 Å². The van der Waals surface area contributed by atoms with Crippen molar-refractivity contribution in [2.75, 3.05) is 0 Å². The fourth-order valence-electron chi connectivity index (χ4n) is 2.15. The molecular formula is C14H15N3OS. The number of rotatable bonds is 3. The number of oxazole rings is 1. The molecule has 0 saturated carbocycles. The number of H-pyrrole nitrogens is 1. The Hall–Kier alpha value is -1.88. The SMILES string of the molecule is CCc1cnc(Cn2c(=S)[nH]c3cc(C)ccc32)o1. The zero-order chi connectivity index (χ0) is 13.4. The highest BCUT2D eigenvalue weighted by Crippen LogP contribution is 2.17. The van der Waals surface area contributed by atoms with Gasteiger partial charge >= 0.3 is 0 Å². The number of benzene rings is 1. The predicted molar refractivity (Wildman–Crippen MR) is 76.8 cm³/mol. The molecule has 1 N–H and O–H groups in total. The van der Waals surface area contributed by atoms with E-state index >= 15 is 0 Å². The van der Waals surface area contributed by atoms with E-state index in [1.54, 1.807) is 6.20 Å². The van der Waals surface area contributed by atoms with E-state index in [0.717, 1.165) is 23.2 Å². The van der Waals surface area contributed by atoms with Gasteiger partial charge in [-0.15, -0.1) is 0 Å². The molecule has 3 rings (SSSR count). The minimum absolute atomic E-state index is 0.557. The van der Waals surface area contributed by atoms with Crippen LogP contribution in [0.4, 0.5) is 0 Å². The van der Waals surface area contributed by atoms with Gasteiger partial charge in [-0.2, -0.15) is 0 Å². The molecule has 0 unspecified atom stereocenters. The quantitative estimate of drug-likeness (QED) is 0.742. The molecule has 0 aliphatic rings. The van der Waals surface area contributed by atoms with Gasteiger partial charge in [0.2, 0.25) is 5.89 Å². The van der Waals surface area contributed by atoms with Gasteiger partial charge in [-0.05, 0) is 36.8 Å². The largest absolute Gasteiger partial charge is 0.444 e. The van der Waals surface area contributed by atoms with E-state index in [1.165, 1.54) is 5.56 Å². The highest BCUT2D eigenvalue weighted by atomic mass is 32.1. The van der Waals surface area contributed by atoms with Crippen LogP contribution in [0, 0.1) is 11.7 Å². The first kappa shape index (κ1) is 12.2. The number of hydrogen-bond donors (Lipinski definition) is 1. The van der Waals surface area contributed by atoms with Gasteiger partial charge in [0.1, 0.15) is 12.3 Å². The minimum atomic E-state index is 0.557. The predicted octanol–water partition coefficient (Wildman–Crippen LogP) is 3.61. The van der Waals surface area contributed by atoms with Crippen molar-refractivity contribution in [3.8, 4) is 0 Å². The lowest BCUT2D eigenvalue weighted by atomic mass is 10.2. The summed E-state index contributed by atoms with van der Waals surface area (Å²) in [4.78, 5) is 7.50. The van der Waals surface area contributed by atoms with Gasteiger partial charge in [0.15, 0.2) is 4.77 Å². The van der Waals surface area contributed by atoms with Crippen molar-refractivity contribution in [2.45, 2.75) is 26.8 Å². The second-order valence-corrected chi connectivity index (χ2v) is 5.00. The molecule has 3 aromatic rings. The molecule has 0 aliphatic carbocycles. The number of hydrogen-bond acceptors (Lipinski definition) is 3. The van der Waals surface area contributed by atoms with Crippen molar-refractivity contribution in [3.05, 3.63) is 46.4 Å². The van der Waals surface area contributed by atoms with Gasteiger partial charge in [0, 0.05) is 6.42 Å². The lowest BCUT2D eigenvalue weighted by Crippen LogP contribution is -1.99. The first-order valence-electron chi connectivity index (χ1n) is 6.30. The van der Waals surface area contributed by atoms with Crippen LogP contribution >= 0.6 is 12.2 Å². The van der Waals surface area contributed by atoms with Crippen LogP contribution in [0.3, 0.4) is 0 Å². The summed E-state index contributed by atoms with van der Waals surface area (Å²) in [5.74, 6) is 1.59. The molecule has 2 aromatic heterocycles. The van der Waals surface area contributed by atoms with E-state index in [1.807, 2.05) is 11.5 Å². The number of nitrogens with one attached hydrogen (secondary N) is 1. The topological polar surface area (TPSA) is 46.8 Å². The van der Waals surface area contributed by atoms with Crippen molar-refractivity contribution in [2.24, 2.45) is 0 Å². The minimum Gasteiger partial charge on any atom is -0.444 e. The van der Waals surface area contributed by atoms with Crippen LogP contribution in [0.2, 0.25) is 0 Å². The van der Waals surface area contributed by atoms with Crippen LogP contribution in [0.1, 0.15) is 24.1 Å². The molecular weight excluding hydrogens is 258 g/mol. The summed E-state index contributed by atoms with van der Waals surface area (Å²) in [6.45, 7) is 4.67. The van der Waals surface area contributed by atoms with E-state index in [2.05, 4.69) is 35.1 Å². The molecule has 19 heavy (non-hydrogen) atoms. The summed E-state index contributed by atoms with van der Waals surface area (Å²) in [6.07, 6.45) is 2.63. The third-order valence-corrected chi connectivity index (χ3v) is 3.50. The maximum absolute atomic E-state index is 5.64. The number of aromatic amines is 1. The van der Waals surface area contributed by atoms with Crippen LogP contribution < -0.4 is 0 Å². The number of nitrogens with zero attached hydrogens (tertiary/aromatic N) is 2. The van der Waals surface area contributed by atoms with Crippen LogP contribution in [0.25, 0.3) is 11.0 Å². The normalized spacial score (nSPS) is 11.3. The van der Waals surface area contributed by atoms with Crippen molar-refractivity contribution < 1.29 is 4.42 Å². The lowest BCUT2D eigenvalue weighted by Gasteiger charge is -2.01. The van der Waals surface area contributed by atoms with E-state index in [4.69, 9.17) is 16.6 Å². The first-order valence-corrected chi connectivity index (χ1v) is 6.71. The lowest BCUT2D eigenvalue weighted by molar-refractivity contribution is 0.447. The van der Waals surface area contributed by atoms with Crippen LogP contribution in [0.5, 0.6) is 0 Å². The van der Waals surface area contributed by atoms with Crippen molar-refractivity contribution in [1.82, 2.24) is 14.5 Å². The summed E-state index contributed by atoms with van der Waals surface area (Å²) in [7, 11) is 0. The molecule has 0 fully saturated rings. The average Bonchev–Trinajstić information content (AvgIpc) is 2.95. The molecule has 0 bridgehead atoms. The monoisotopic (exact) mass is 273 g/mol. The molecule has 98 valence electrons. The number of fused-ring (bicyclic) bond motifs is 1. The third kappa shape index (κ3) is 2.21. The average molecular weight is 273 g/mol. The Morgan fingerprint density at radius 2 is 2.26 bits per heavy atom. The van der Waals surface area contributed by atoms with Gasteiger partial charge in [-0.3, -0.25) is 0 Å². The Labute approximate surface area is 116 Å². The number of imidazole rings is 1. The van der Waals surface area contributed by atoms with Gasteiger partial charge in [0.25, 0.3) is 0 Å². The van der Waals surface area contributed by atoms with Gasteiger partial charge in [0.05, 0.1) is 17.2 Å². The molecule has 0 spiro atoms. The molecule has 0 saturated heterocycles. The fraction of sp³-hybridized carbons (Fsp3) is 0.286. The highest BCUT2D eigenvalue weighted by Gasteiger charge is 2.08. The Bertz CT molecular complexity index is 781. The third-order valence-electron chi connectivity index (χ3n) is 3.17. The Balaban J connectivity index is 2.05.